The van der Waals surface area contributed by atoms with Gasteiger partial charge in [0.15, 0.2) is 17.3 Å². The van der Waals surface area contributed by atoms with E-state index in [1.807, 2.05) is 0 Å². The third-order valence-electron chi connectivity index (χ3n) is 2.19. The molecule has 0 saturated carbocycles. The van der Waals surface area contributed by atoms with E-state index in [4.69, 9.17) is 4.74 Å². The third kappa shape index (κ3) is 2.18. The SMILES string of the molecule is C=CCc1c(C(C)=O)ccc(OC)c1O. The number of allylic oxidation sites excluding steroid dienone is 1. The molecule has 0 aliphatic heterocycles. The van der Waals surface area contributed by atoms with Crippen molar-refractivity contribution in [2.75, 3.05) is 7.11 Å². The molecule has 0 heterocycles. The Morgan fingerprint density at radius 3 is 2.73 bits per heavy atom. The predicted octanol–water partition coefficient (Wildman–Crippen LogP) is 2.33. The Morgan fingerprint density at radius 2 is 2.27 bits per heavy atom. The Morgan fingerprint density at radius 1 is 1.60 bits per heavy atom. The maximum absolute atomic E-state index is 11.3. The van der Waals surface area contributed by atoms with E-state index in [-0.39, 0.29) is 11.5 Å². The van der Waals surface area contributed by atoms with Gasteiger partial charge in [0.25, 0.3) is 0 Å². The van der Waals surface area contributed by atoms with Crippen molar-refractivity contribution in [1.82, 2.24) is 0 Å². The number of carbonyl (C=O) groups is 1. The molecule has 1 N–H and O–H groups in total. The zero-order chi connectivity index (χ0) is 11.4. The number of hydrogen-bond donors (Lipinski definition) is 1. The van der Waals surface area contributed by atoms with Gasteiger partial charge in [0, 0.05) is 11.1 Å². The minimum atomic E-state index is -0.0789. The molecule has 0 aromatic heterocycles. The molecule has 0 fully saturated rings. The summed E-state index contributed by atoms with van der Waals surface area (Å²) in [7, 11) is 1.47. The van der Waals surface area contributed by atoms with Gasteiger partial charge >= 0.3 is 0 Å². The van der Waals surface area contributed by atoms with Crippen LogP contribution >= 0.6 is 0 Å². The first-order chi connectivity index (χ1) is 7.11. The zero-order valence-electron chi connectivity index (χ0n) is 8.91. The summed E-state index contributed by atoms with van der Waals surface area (Å²) in [6.07, 6.45) is 2.08. The molecule has 0 aliphatic carbocycles. The number of Topliss-reactive ketones (excluding diaryl/α,β-unsaturated/α-hetero) is 1. The van der Waals surface area contributed by atoms with Gasteiger partial charge in [-0.25, -0.2) is 0 Å². The van der Waals surface area contributed by atoms with Gasteiger partial charge in [-0.1, -0.05) is 6.08 Å². The summed E-state index contributed by atoms with van der Waals surface area (Å²) >= 11 is 0. The maximum atomic E-state index is 11.3. The largest absolute Gasteiger partial charge is 0.504 e. The summed E-state index contributed by atoms with van der Waals surface area (Å²) < 4.78 is 4.97. The molecule has 3 nitrogen and oxygen atoms in total. The number of carbonyl (C=O) groups excluding carboxylic acids is 1. The molecule has 0 aliphatic rings. The molecule has 1 aromatic rings. The standard InChI is InChI=1S/C12H14O3/c1-4-5-10-9(8(2)13)6-7-11(15-3)12(10)14/h4,6-7,14H,1,5H2,2-3H3. The Kier molecular flexibility index (Phi) is 3.50. The fraction of sp³-hybridized carbons (Fsp3) is 0.250. The molecule has 1 aromatic carbocycles. The van der Waals surface area contributed by atoms with E-state index in [9.17, 15) is 9.90 Å². The van der Waals surface area contributed by atoms with Gasteiger partial charge in [0.1, 0.15) is 0 Å². The monoisotopic (exact) mass is 206 g/mol. The van der Waals surface area contributed by atoms with E-state index in [0.29, 0.717) is 23.3 Å². The van der Waals surface area contributed by atoms with Crippen LogP contribution in [0.25, 0.3) is 0 Å². The number of aromatic hydroxyl groups is 1. The summed E-state index contributed by atoms with van der Waals surface area (Å²) in [6, 6.07) is 3.23. The second-order valence-electron chi connectivity index (χ2n) is 3.19. The van der Waals surface area contributed by atoms with Crippen LogP contribution < -0.4 is 4.74 Å². The third-order valence-corrected chi connectivity index (χ3v) is 2.19. The molecule has 0 atom stereocenters. The number of benzene rings is 1. The van der Waals surface area contributed by atoms with Crippen molar-refractivity contribution >= 4 is 5.78 Å². The van der Waals surface area contributed by atoms with Crippen LogP contribution in [0.5, 0.6) is 11.5 Å². The summed E-state index contributed by atoms with van der Waals surface area (Å²) in [4.78, 5) is 11.3. The van der Waals surface area contributed by atoms with Gasteiger partial charge < -0.3 is 9.84 Å². The smallest absolute Gasteiger partial charge is 0.161 e. The number of hydrogen-bond acceptors (Lipinski definition) is 3. The normalized spacial score (nSPS) is 9.73. The topological polar surface area (TPSA) is 46.5 Å². The lowest BCUT2D eigenvalue weighted by Gasteiger charge is -2.10. The van der Waals surface area contributed by atoms with Gasteiger partial charge in [-0.15, -0.1) is 6.58 Å². The Balaban J connectivity index is 3.36. The summed E-state index contributed by atoms with van der Waals surface area (Å²) in [5.74, 6) is 0.312. The Bertz CT molecular complexity index is 394. The van der Waals surface area contributed by atoms with E-state index < -0.39 is 0 Å². The van der Waals surface area contributed by atoms with Crippen LogP contribution in [0.15, 0.2) is 24.8 Å². The van der Waals surface area contributed by atoms with Crippen LogP contribution in [0.1, 0.15) is 22.8 Å². The van der Waals surface area contributed by atoms with E-state index in [1.165, 1.54) is 14.0 Å². The van der Waals surface area contributed by atoms with Crippen molar-refractivity contribution in [2.45, 2.75) is 13.3 Å². The summed E-state index contributed by atoms with van der Waals surface area (Å²) in [5, 5.41) is 9.82. The maximum Gasteiger partial charge on any atom is 0.161 e. The lowest BCUT2D eigenvalue weighted by molar-refractivity contribution is 0.101. The van der Waals surface area contributed by atoms with Crippen molar-refractivity contribution in [3.8, 4) is 11.5 Å². The minimum Gasteiger partial charge on any atom is -0.504 e. The predicted molar refractivity (Wildman–Crippen MR) is 58.6 cm³/mol. The fourth-order valence-corrected chi connectivity index (χ4v) is 1.46. The average molecular weight is 206 g/mol. The molecular formula is C12H14O3. The van der Waals surface area contributed by atoms with Crippen LogP contribution in [0, 0.1) is 0 Å². The molecule has 0 unspecified atom stereocenters. The fourth-order valence-electron chi connectivity index (χ4n) is 1.46. The van der Waals surface area contributed by atoms with Crippen LogP contribution in [0.4, 0.5) is 0 Å². The molecule has 15 heavy (non-hydrogen) atoms. The number of ether oxygens (including phenoxy) is 1. The molecule has 0 radical (unpaired) electrons. The molecule has 0 amide bonds. The van der Waals surface area contributed by atoms with Crippen molar-refractivity contribution in [3.63, 3.8) is 0 Å². The number of rotatable bonds is 4. The minimum absolute atomic E-state index is 0.0186. The average Bonchev–Trinajstić information content (AvgIpc) is 2.20. The van der Waals surface area contributed by atoms with Crippen molar-refractivity contribution in [2.24, 2.45) is 0 Å². The molecule has 0 saturated heterocycles. The number of methoxy groups -OCH3 is 1. The zero-order valence-corrected chi connectivity index (χ0v) is 8.91. The highest BCUT2D eigenvalue weighted by Gasteiger charge is 2.14. The van der Waals surface area contributed by atoms with Crippen LogP contribution in [-0.2, 0) is 6.42 Å². The number of ketones is 1. The lowest BCUT2D eigenvalue weighted by Crippen LogP contribution is -2.00. The van der Waals surface area contributed by atoms with Crippen molar-refractivity contribution in [3.05, 3.63) is 35.9 Å². The van der Waals surface area contributed by atoms with E-state index >= 15 is 0 Å². The van der Waals surface area contributed by atoms with E-state index in [1.54, 1.807) is 18.2 Å². The van der Waals surface area contributed by atoms with Gasteiger partial charge in [0.2, 0.25) is 0 Å². The Hall–Kier alpha value is -1.77. The van der Waals surface area contributed by atoms with E-state index in [0.717, 1.165) is 0 Å². The highest BCUT2D eigenvalue weighted by molar-refractivity contribution is 5.96. The molecule has 0 spiro atoms. The molecular weight excluding hydrogens is 192 g/mol. The molecule has 1 rings (SSSR count). The number of phenols is 1. The van der Waals surface area contributed by atoms with Gasteiger partial charge in [0.05, 0.1) is 7.11 Å². The molecule has 80 valence electrons. The highest BCUT2D eigenvalue weighted by atomic mass is 16.5. The second-order valence-corrected chi connectivity index (χ2v) is 3.19. The quantitative estimate of drug-likeness (QED) is 0.607. The van der Waals surface area contributed by atoms with Crippen LogP contribution in [0.2, 0.25) is 0 Å². The summed E-state index contributed by atoms with van der Waals surface area (Å²) in [6.45, 7) is 5.06. The van der Waals surface area contributed by atoms with Crippen LogP contribution in [0.3, 0.4) is 0 Å². The lowest BCUT2D eigenvalue weighted by atomic mass is 10.00. The first kappa shape index (κ1) is 11.3. The summed E-state index contributed by atoms with van der Waals surface area (Å²) in [5.41, 5.74) is 1.07. The second kappa shape index (κ2) is 4.64. The van der Waals surface area contributed by atoms with Crippen LogP contribution in [-0.4, -0.2) is 18.0 Å². The first-order valence-electron chi connectivity index (χ1n) is 4.62. The van der Waals surface area contributed by atoms with Gasteiger partial charge in [-0.05, 0) is 25.5 Å². The van der Waals surface area contributed by atoms with E-state index in [2.05, 4.69) is 6.58 Å². The van der Waals surface area contributed by atoms with Crippen molar-refractivity contribution in [1.29, 1.82) is 0 Å². The molecule has 0 bridgehead atoms. The highest BCUT2D eigenvalue weighted by Crippen LogP contribution is 2.32. The molecule has 3 heteroatoms. The first-order valence-corrected chi connectivity index (χ1v) is 4.62. The Labute approximate surface area is 89.0 Å². The van der Waals surface area contributed by atoms with Crippen molar-refractivity contribution < 1.29 is 14.6 Å². The van der Waals surface area contributed by atoms with Gasteiger partial charge in [-0.2, -0.15) is 0 Å². The number of phenolic OH excluding ortho intramolecular Hbond substituents is 1. The van der Waals surface area contributed by atoms with Gasteiger partial charge in [-0.3, -0.25) is 4.79 Å².